The maximum absolute atomic E-state index is 13.2. The summed E-state index contributed by atoms with van der Waals surface area (Å²) in [5.41, 5.74) is 0.436. The van der Waals surface area contributed by atoms with E-state index in [4.69, 9.17) is 4.52 Å². The molecule has 1 aromatic heterocycles. The van der Waals surface area contributed by atoms with Crippen LogP contribution in [-0.2, 0) is 17.8 Å². The number of fused-ring (bicyclic) bond motifs is 1. The summed E-state index contributed by atoms with van der Waals surface area (Å²) in [5, 5.41) is 3.78. The SMILES string of the molecule is CCCc1nc(CN2C(=O)C(=O)c3cc(F)ccc32)no1. The minimum Gasteiger partial charge on any atom is -0.339 e. The molecule has 6 nitrogen and oxygen atoms in total. The molecular weight excluding hydrogens is 277 g/mol. The maximum atomic E-state index is 13.2. The van der Waals surface area contributed by atoms with Crippen LogP contribution in [0, 0.1) is 5.82 Å². The summed E-state index contributed by atoms with van der Waals surface area (Å²) < 4.78 is 18.2. The van der Waals surface area contributed by atoms with Gasteiger partial charge in [-0.2, -0.15) is 4.98 Å². The molecule has 0 radical (unpaired) electrons. The number of benzene rings is 1. The van der Waals surface area contributed by atoms with Gasteiger partial charge in [0.05, 0.1) is 17.8 Å². The summed E-state index contributed by atoms with van der Waals surface area (Å²) in [5.74, 6) is -1.18. The van der Waals surface area contributed by atoms with E-state index in [1.165, 1.54) is 17.0 Å². The molecule has 0 bridgehead atoms. The summed E-state index contributed by atoms with van der Waals surface area (Å²) in [7, 11) is 0. The first kappa shape index (κ1) is 13.4. The van der Waals surface area contributed by atoms with Crippen LogP contribution in [0.25, 0.3) is 0 Å². The second kappa shape index (κ2) is 5.08. The zero-order valence-corrected chi connectivity index (χ0v) is 11.3. The van der Waals surface area contributed by atoms with E-state index in [0.29, 0.717) is 23.8 Å². The smallest absolute Gasteiger partial charge is 0.299 e. The number of carbonyl (C=O) groups excluding carboxylic acids is 2. The Balaban J connectivity index is 1.89. The fraction of sp³-hybridized carbons (Fsp3) is 0.286. The minimum atomic E-state index is -0.721. The lowest BCUT2D eigenvalue weighted by Crippen LogP contribution is -2.29. The predicted octanol–water partition coefficient (Wildman–Crippen LogP) is 1.89. The zero-order chi connectivity index (χ0) is 15.0. The van der Waals surface area contributed by atoms with Crippen molar-refractivity contribution in [1.29, 1.82) is 0 Å². The van der Waals surface area contributed by atoms with Gasteiger partial charge in [0.2, 0.25) is 5.89 Å². The number of anilines is 1. The lowest BCUT2D eigenvalue weighted by molar-refractivity contribution is -0.114. The number of aromatic nitrogens is 2. The van der Waals surface area contributed by atoms with Crippen LogP contribution in [0.3, 0.4) is 0 Å². The molecular formula is C14H12FN3O3. The molecule has 0 aliphatic carbocycles. The fourth-order valence-corrected chi connectivity index (χ4v) is 2.24. The normalized spacial score (nSPS) is 13.9. The molecule has 1 amide bonds. The lowest BCUT2D eigenvalue weighted by Gasteiger charge is -2.13. The van der Waals surface area contributed by atoms with E-state index in [9.17, 15) is 14.0 Å². The van der Waals surface area contributed by atoms with Gasteiger partial charge in [0, 0.05) is 6.42 Å². The summed E-state index contributed by atoms with van der Waals surface area (Å²) in [4.78, 5) is 29.2. The summed E-state index contributed by atoms with van der Waals surface area (Å²) in [6.45, 7) is 2.01. The van der Waals surface area contributed by atoms with E-state index >= 15 is 0 Å². The second-order valence-electron chi connectivity index (χ2n) is 4.74. The first-order valence-corrected chi connectivity index (χ1v) is 6.57. The van der Waals surface area contributed by atoms with Gasteiger partial charge >= 0.3 is 0 Å². The summed E-state index contributed by atoms with van der Waals surface area (Å²) >= 11 is 0. The molecule has 1 aliphatic rings. The average Bonchev–Trinajstić information content (AvgIpc) is 2.99. The molecule has 0 saturated carbocycles. The number of hydrogen-bond donors (Lipinski definition) is 0. The van der Waals surface area contributed by atoms with Crippen LogP contribution in [0.15, 0.2) is 22.7 Å². The Hall–Kier alpha value is -2.57. The first-order chi connectivity index (χ1) is 10.1. The molecule has 7 heteroatoms. The van der Waals surface area contributed by atoms with Gasteiger partial charge in [-0.05, 0) is 24.6 Å². The number of nitrogens with zero attached hydrogens (tertiary/aromatic N) is 3. The highest BCUT2D eigenvalue weighted by atomic mass is 19.1. The maximum Gasteiger partial charge on any atom is 0.299 e. The van der Waals surface area contributed by atoms with Gasteiger partial charge in [0.1, 0.15) is 5.82 Å². The Morgan fingerprint density at radius 3 is 2.90 bits per heavy atom. The van der Waals surface area contributed by atoms with Crippen molar-refractivity contribution >= 4 is 17.4 Å². The molecule has 0 fully saturated rings. The number of aryl methyl sites for hydroxylation is 1. The Kier molecular flexibility index (Phi) is 3.25. The second-order valence-corrected chi connectivity index (χ2v) is 4.74. The highest BCUT2D eigenvalue weighted by molar-refractivity contribution is 6.52. The van der Waals surface area contributed by atoms with Crippen LogP contribution in [0.5, 0.6) is 0 Å². The van der Waals surface area contributed by atoms with Gasteiger partial charge in [-0.3, -0.25) is 14.5 Å². The van der Waals surface area contributed by atoms with E-state index in [-0.39, 0.29) is 12.1 Å². The van der Waals surface area contributed by atoms with Crippen molar-refractivity contribution < 1.29 is 18.5 Å². The molecule has 2 aromatic rings. The largest absolute Gasteiger partial charge is 0.339 e. The molecule has 1 aliphatic heterocycles. The fourth-order valence-electron chi connectivity index (χ4n) is 2.24. The molecule has 1 aromatic carbocycles. The molecule has 2 heterocycles. The number of carbonyl (C=O) groups is 2. The first-order valence-electron chi connectivity index (χ1n) is 6.57. The van der Waals surface area contributed by atoms with Gasteiger partial charge in [-0.1, -0.05) is 12.1 Å². The van der Waals surface area contributed by atoms with E-state index < -0.39 is 17.5 Å². The topological polar surface area (TPSA) is 76.3 Å². The van der Waals surface area contributed by atoms with Gasteiger partial charge in [0.25, 0.3) is 11.7 Å². The van der Waals surface area contributed by atoms with E-state index in [2.05, 4.69) is 10.1 Å². The Labute approximate surface area is 119 Å². The molecule has 0 atom stereocenters. The Bertz CT molecular complexity index is 726. The highest BCUT2D eigenvalue weighted by Crippen LogP contribution is 2.30. The number of halogens is 1. The van der Waals surface area contributed by atoms with Crippen molar-refractivity contribution in [3.8, 4) is 0 Å². The van der Waals surface area contributed by atoms with Crippen LogP contribution < -0.4 is 4.90 Å². The number of Topliss-reactive ketones (excluding diaryl/α,β-unsaturated/α-hetero) is 1. The predicted molar refractivity (Wildman–Crippen MR) is 70.2 cm³/mol. The highest BCUT2D eigenvalue weighted by Gasteiger charge is 2.36. The molecule has 21 heavy (non-hydrogen) atoms. The van der Waals surface area contributed by atoms with Gasteiger partial charge in [0.15, 0.2) is 5.82 Å². The van der Waals surface area contributed by atoms with Crippen LogP contribution in [0.2, 0.25) is 0 Å². The van der Waals surface area contributed by atoms with Crippen molar-refractivity contribution in [2.75, 3.05) is 4.90 Å². The summed E-state index contributed by atoms with van der Waals surface area (Å²) in [6, 6.07) is 3.67. The third kappa shape index (κ3) is 2.31. The lowest BCUT2D eigenvalue weighted by atomic mass is 10.1. The van der Waals surface area contributed by atoms with Crippen LogP contribution in [-0.4, -0.2) is 21.8 Å². The molecule has 0 unspecified atom stereocenters. The molecule has 108 valence electrons. The van der Waals surface area contributed by atoms with Crippen LogP contribution >= 0.6 is 0 Å². The van der Waals surface area contributed by atoms with Crippen molar-refractivity contribution in [2.45, 2.75) is 26.3 Å². The number of hydrogen-bond acceptors (Lipinski definition) is 5. The van der Waals surface area contributed by atoms with Crippen LogP contribution in [0.1, 0.15) is 35.4 Å². The number of ketones is 1. The molecule has 3 rings (SSSR count). The molecule has 0 saturated heterocycles. The molecule has 0 spiro atoms. The van der Waals surface area contributed by atoms with Crippen molar-refractivity contribution in [2.24, 2.45) is 0 Å². The quantitative estimate of drug-likeness (QED) is 0.803. The van der Waals surface area contributed by atoms with Gasteiger partial charge in [-0.25, -0.2) is 4.39 Å². The van der Waals surface area contributed by atoms with Gasteiger partial charge in [-0.15, -0.1) is 0 Å². The van der Waals surface area contributed by atoms with E-state index in [1.54, 1.807) is 0 Å². The minimum absolute atomic E-state index is 0.0242. The van der Waals surface area contributed by atoms with Crippen molar-refractivity contribution in [1.82, 2.24) is 10.1 Å². The third-order valence-corrected chi connectivity index (χ3v) is 3.21. The summed E-state index contributed by atoms with van der Waals surface area (Å²) in [6.07, 6.45) is 1.52. The Morgan fingerprint density at radius 1 is 1.33 bits per heavy atom. The third-order valence-electron chi connectivity index (χ3n) is 3.21. The standard InChI is InChI=1S/C14H12FN3O3/c1-2-3-12-16-11(17-21-12)7-18-10-5-4-8(15)6-9(10)13(19)14(18)20/h4-6H,2-3,7H2,1H3. The van der Waals surface area contributed by atoms with Gasteiger partial charge < -0.3 is 4.52 Å². The molecule has 0 N–H and O–H groups in total. The van der Waals surface area contributed by atoms with E-state index in [1.807, 2.05) is 6.92 Å². The number of amides is 1. The van der Waals surface area contributed by atoms with Crippen molar-refractivity contribution in [3.05, 3.63) is 41.3 Å². The Morgan fingerprint density at radius 2 is 2.14 bits per heavy atom. The van der Waals surface area contributed by atoms with Crippen LogP contribution in [0.4, 0.5) is 10.1 Å². The van der Waals surface area contributed by atoms with Crippen molar-refractivity contribution in [3.63, 3.8) is 0 Å². The van der Waals surface area contributed by atoms with E-state index in [0.717, 1.165) is 12.5 Å². The average molecular weight is 289 g/mol. The monoisotopic (exact) mass is 289 g/mol. The number of rotatable bonds is 4. The zero-order valence-electron chi connectivity index (χ0n) is 11.3.